The van der Waals surface area contributed by atoms with Crippen LogP contribution in [-0.4, -0.2) is 114 Å². The van der Waals surface area contributed by atoms with Crippen molar-refractivity contribution in [3.63, 3.8) is 0 Å². The average Bonchev–Trinajstić information content (AvgIpc) is 3.19. The van der Waals surface area contributed by atoms with E-state index in [1.54, 1.807) is 0 Å². The molecule has 13 nitrogen and oxygen atoms in total. The fraction of sp³-hybridized carbons (Fsp3) is 0.667. The molecule has 2 saturated carbocycles. The number of ether oxygens (including phenoxy) is 4. The summed E-state index contributed by atoms with van der Waals surface area (Å²) < 4.78 is 23.7. The first-order valence-corrected chi connectivity index (χ1v) is 30.8. The molecule has 0 saturated heterocycles. The van der Waals surface area contributed by atoms with E-state index in [-0.39, 0.29) is 42.9 Å². The van der Waals surface area contributed by atoms with E-state index in [1.165, 1.54) is 70.9 Å². The normalized spacial score (nSPS) is 22.1. The van der Waals surface area contributed by atoms with Crippen LogP contribution in [0.3, 0.4) is 0 Å². The Kier molecular flexibility index (Phi) is 13.6. The van der Waals surface area contributed by atoms with Crippen molar-refractivity contribution in [1.82, 2.24) is 10.0 Å². The summed E-state index contributed by atoms with van der Waals surface area (Å²) in [5.74, 6) is 3.12. The second-order valence-corrected chi connectivity index (χ2v) is 33.2. The summed E-state index contributed by atoms with van der Waals surface area (Å²) in [6, 6.07) is 10.1. The van der Waals surface area contributed by atoms with Gasteiger partial charge >= 0.3 is 0 Å². The molecule has 8 rings (SSSR count). The van der Waals surface area contributed by atoms with Gasteiger partial charge < -0.3 is 33.6 Å². The molecule has 2 aliphatic carbocycles. The van der Waals surface area contributed by atoms with E-state index in [0.717, 1.165) is 53.1 Å². The Balaban J connectivity index is 0.000000189. The largest absolute Gasteiger partial charge is 0.483 e. The molecule has 4 heterocycles. The van der Waals surface area contributed by atoms with Gasteiger partial charge in [0.1, 0.15) is 50.3 Å². The van der Waals surface area contributed by atoms with E-state index in [9.17, 15) is 9.59 Å². The van der Waals surface area contributed by atoms with Gasteiger partial charge in [0.15, 0.2) is 11.7 Å². The van der Waals surface area contributed by atoms with Gasteiger partial charge in [0.25, 0.3) is 11.8 Å². The maximum absolute atomic E-state index is 13.1. The van der Waals surface area contributed by atoms with Crippen molar-refractivity contribution < 1.29 is 28.5 Å². The Bertz CT molecular complexity index is 2110. The van der Waals surface area contributed by atoms with Crippen LogP contribution in [0.15, 0.2) is 34.5 Å². The van der Waals surface area contributed by atoms with Gasteiger partial charge in [0.05, 0.1) is 11.4 Å². The van der Waals surface area contributed by atoms with Gasteiger partial charge in [-0.3, -0.25) is 9.59 Å². The van der Waals surface area contributed by atoms with Crippen LogP contribution in [0, 0.1) is 19.3 Å². The average molecular weight is 902 g/mol. The number of rotatable bonds is 14. The van der Waals surface area contributed by atoms with E-state index < -0.39 is 16.1 Å². The lowest BCUT2D eigenvalue weighted by Crippen LogP contribution is -2.57. The van der Waals surface area contributed by atoms with Gasteiger partial charge in [-0.25, -0.2) is 10.0 Å². The number of carbonyl (C=O) groups is 2. The lowest BCUT2D eigenvalue weighted by Gasteiger charge is -2.48. The number of nitrogens with zero attached hydrogens (tertiary/aromatic N) is 7. The summed E-state index contributed by atoms with van der Waals surface area (Å²) in [5, 5.41) is 12.2. The Hall–Kier alpha value is -3.93. The van der Waals surface area contributed by atoms with Crippen molar-refractivity contribution in [3.8, 4) is 11.5 Å². The highest BCUT2D eigenvalue weighted by Crippen LogP contribution is 2.47. The summed E-state index contributed by atoms with van der Waals surface area (Å²) >= 11 is 0. The van der Waals surface area contributed by atoms with Crippen LogP contribution in [0.1, 0.15) is 82.9 Å². The number of hydrogen-bond donors (Lipinski definition) is 0. The molecule has 15 heteroatoms. The van der Waals surface area contributed by atoms with Crippen LogP contribution in [0.4, 0.5) is 17.1 Å². The number of amidine groups is 2. The Morgan fingerprint density at radius 2 is 1.17 bits per heavy atom. The van der Waals surface area contributed by atoms with Crippen LogP contribution in [0.25, 0.3) is 0 Å². The SMILES string of the molecule is Cc1cc2c(cc1CC1(C)CCC1)N1C(=NN(COCC[Si](C)(C)C)C(=O)C1C)CO2.Cc1cc2c(cc1N(C)C1(C)CCC1)N1C(=NN(COCC[Si](C)(C)C)C(=O)C1C)CO2. The van der Waals surface area contributed by atoms with Crippen LogP contribution >= 0.6 is 0 Å². The van der Waals surface area contributed by atoms with Crippen LogP contribution in [0.5, 0.6) is 11.5 Å². The summed E-state index contributed by atoms with van der Waals surface area (Å²) in [7, 11) is -0.154. The van der Waals surface area contributed by atoms with E-state index >= 15 is 0 Å². The van der Waals surface area contributed by atoms with Gasteiger partial charge in [0.2, 0.25) is 0 Å². The highest BCUT2D eigenvalue weighted by atomic mass is 28.3. The lowest BCUT2D eigenvalue weighted by atomic mass is 9.66. The van der Waals surface area contributed by atoms with Crippen LogP contribution < -0.4 is 24.2 Å². The third-order valence-corrected chi connectivity index (χ3v) is 17.6. The Labute approximate surface area is 379 Å². The quantitative estimate of drug-likeness (QED) is 0.135. The van der Waals surface area contributed by atoms with Crippen molar-refractivity contribution in [2.24, 2.45) is 15.6 Å². The third-order valence-electron chi connectivity index (χ3n) is 14.2. The first-order valence-electron chi connectivity index (χ1n) is 23.4. The number of benzene rings is 2. The molecule has 0 aromatic heterocycles. The predicted octanol–water partition coefficient (Wildman–Crippen LogP) is 9.21. The van der Waals surface area contributed by atoms with Crippen molar-refractivity contribution in [2.45, 2.75) is 155 Å². The highest BCUT2D eigenvalue weighted by Gasteiger charge is 2.42. The second-order valence-electron chi connectivity index (χ2n) is 22.0. The smallest absolute Gasteiger partial charge is 0.267 e. The zero-order valence-corrected chi connectivity index (χ0v) is 42.7. The van der Waals surface area contributed by atoms with Gasteiger partial charge in [-0.1, -0.05) is 52.6 Å². The zero-order chi connectivity index (χ0) is 45.6. The molecule has 2 aromatic carbocycles. The fourth-order valence-electron chi connectivity index (χ4n) is 9.26. The van der Waals surface area contributed by atoms with Crippen LogP contribution in [-0.2, 0) is 25.5 Å². The maximum atomic E-state index is 13.1. The van der Waals surface area contributed by atoms with Crippen molar-refractivity contribution in [2.75, 3.05) is 61.6 Å². The Morgan fingerprint density at radius 1 is 0.714 bits per heavy atom. The molecule has 6 aliphatic rings. The van der Waals surface area contributed by atoms with Gasteiger partial charge in [-0.15, -0.1) is 0 Å². The molecule has 0 radical (unpaired) electrons. The topological polar surface area (TPSA) is 112 Å². The van der Waals surface area contributed by atoms with E-state index in [4.69, 9.17) is 18.9 Å². The minimum Gasteiger partial charge on any atom is -0.483 e. The molecule has 2 amide bonds. The molecule has 346 valence electrons. The summed E-state index contributed by atoms with van der Waals surface area (Å²) in [4.78, 5) is 32.7. The molecule has 0 spiro atoms. The van der Waals surface area contributed by atoms with Crippen LogP contribution in [0.2, 0.25) is 51.4 Å². The molecular formula is C48H75N7O6Si2. The molecule has 63 heavy (non-hydrogen) atoms. The number of aryl methyl sites for hydroxylation is 2. The first kappa shape index (κ1) is 47.0. The van der Waals surface area contributed by atoms with E-state index in [0.29, 0.717) is 31.8 Å². The van der Waals surface area contributed by atoms with E-state index in [2.05, 4.69) is 118 Å². The lowest BCUT2D eigenvalue weighted by molar-refractivity contribution is -0.139. The Morgan fingerprint density at radius 3 is 1.60 bits per heavy atom. The minimum absolute atomic E-state index is 0.0299. The van der Waals surface area contributed by atoms with Crippen molar-refractivity contribution >= 4 is 56.7 Å². The maximum Gasteiger partial charge on any atom is 0.267 e. The molecule has 0 N–H and O–H groups in total. The molecule has 2 fully saturated rings. The number of amides is 2. The van der Waals surface area contributed by atoms with Gasteiger partial charge in [-0.2, -0.15) is 10.2 Å². The van der Waals surface area contributed by atoms with Crippen molar-refractivity contribution in [1.29, 1.82) is 0 Å². The predicted molar refractivity (Wildman–Crippen MR) is 260 cm³/mol. The standard InChI is InChI=1S/C24H38N4O3Si.C24H37N3O3Si/c1-17-13-21-20(14-19(17)26(4)24(3)9-8-10-24)28-18(2)23(29)27(25-22(28)15-31-21)16-30-11-12-32(5,6)7;1-17-12-21-20(13-19(17)14-24(3)8-7-9-24)27-18(2)23(28)26(25-22(27)15-30-21)16-29-10-11-31(4,5)6/h13-14,18H,8-12,15-16H2,1-7H3;12-13,18H,7-11,14-16H2,1-6H3. The molecule has 4 aliphatic heterocycles. The number of anilines is 3. The second kappa shape index (κ2) is 18.2. The number of fused-ring (bicyclic) bond motifs is 6. The van der Waals surface area contributed by atoms with Gasteiger partial charge in [-0.05, 0) is 132 Å². The van der Waals surface area contributed by atoms with Gasteiger partial charge in [0, 0.05) is 47.6 Å². The number of hydrazone groups is 2. The molecule has 2 atom stereocenters. The minimum atomic E-state index is -1.17. The van der Waals surface area contributed by atoms with Crippen molar-refractivity contribution in [3.05, 3.63) is 41.0 Å². The summed E-state index contributed by atoms with van der Waals surface area (Å²) in [6.45, 7) is 29.3. The van der Waals surface area contributed by atoms with E-state index in [1.807, 2.05) is 18.7 Å². The highest BCUT2D eigenvalue weighted by molar-refractivity contribution is 6.76. The third kappa shape index (κ3) is 10.3. The fourth-order valence-corrected chi connectivity index (χ4v) is 10.8. The molecule has 2 unspecified atom stereocenters. The molecular weight excluding hydrogens is 827 g/mol. The molecule has 2 aromatic rings. The number of hydrogen-bond acceptors (Lipinski definition) is 11. The summed E-state index contributed by atoms with van der Waals surface area (Å²) in [5.41, 5.74) is 7.47. The zero-order valence-electron chi connectivity index (χ0n) is 40.7. The monoisotopic (exact) mass is 902 g/mol. The number of carbonyl (C=O) groups excluding carboxylic acids is 2. The molecule has 0 bridgehead atoms. The first-order chi connectivity index (χ1) is 29.6. The summed E-state index contributed by atoms with van der Waals surface area (Å²) in [6.07, 6.45) is 8.66.